The Hall–Kier alpha value is -0.0300. The molecular formula is C11H23Cl2N3O. The van der Waals surface area contributed by atoms with Gasteiger partial charge in [-0.15, -0.1) is 24.8 Å². The van der Waals surface area contributed by atoms with Crippen LogP contribution in [0.25, 0.3) is 0 Å². The number of nitrogens with one attached hydrogen (secondary N) is 3. The molecule has 1 atom stereocenters. The molecule has 2 aliphatic heterocycles. The van der Waals surface area contributed by atoms with Gasteiger partial charge in [-0.3, -0.25) is 4.79 Å². The van der Waals surface area contributed by atoms with Gasteiger partial charge in [0.05, 0.1) is 5.92 Å². The Labute approximate surface area is 115 Å². The van der Waals surface area contributed by atoms with Crippen LogP contribution in [-0.2, 0) is 4.79 Å². The summed E-state index contributed by atoms with van der Waals surface area (Å²) in [5.74, 6) is 1.23. The van der Waals surface area contributed by atoms with E-state index in [0.29, 0.717) is 0 Å². The van der Waals surface area contributed by atoms with Crippen LogP contribution in [0.2, 0.25) is 0 Å². The first-order chi connectivity index (χ1) is 7.36. The lowest BCUT2D eigenvalue weighted by molar-refractivity contribution is -0.126. The van der Waals surface area contributed by atoms with E-state index in [9.17, 15) is 4.79 Å². The molecule has 3 N–H and O–H groups in total. The van der Waals surface area contributed by atoms with Crippen LogP contribution in [0.3, 0.4) is 0 Å². The highest BCUT2D eigenvalue weighted by Crippen LogP contribution is 2.13. The Morgan fingerprint density at radius 2 is 1.94 bits per heavy atom. The molecule has 2 fully saturated rings. The summed E-state index contributed by atoms with van der Waals surface area (Å²) in [6.07, 6.45) is 3.72. The monoisotopic (exact) mass is 283 g/mol. The van der Waals surface area contributed by atoms with Crippen LogP contribution in [-0.4, -0.2) is 38.6 Å². The van der Waals surface area contributed by atoms with E-state index in [1.54, 1.807) is 0 Å². The van der Waals surface area contributed by atoms with Gasteiger partial charge in [-0.1, -0.05) is 0 Å². The van der Waals surface area contributed by atoms with E-state index in [1.807, 2.05) is 0 Å². The smallest absolute Gasteiger partial charge is 0.225 e. The number of carbonyl (C=O) groups is 1. The molecule has 102 valence electrons. The number of rotatable bonds is 4. The van der Waals surface area contributed by atoms with Crippen LogP contribution in [0.15, 0.2) is 0 Å². The van der Waals surface area contributed by atoms with Crippen LogP contribution in [0.4, 0.5) is 0 Å². The van der Waals surface area contributed by atoms with Crippen molar-refractivity contribution in [2.75, 3.05) is 32.7 Å². The Bertz CT molecular complexity index is 219. The Morgan fingerprint density at radius 3 is 2.47 bits per heavy atom. The molecule has 2 heterocycles. The van der Waals surface area contributed by atoms with E-state index in [0.717, 1.165) is 45.1 Å². The van der Waals surface area contributed by atoms with Crippen LogP contribution in [0.1, 0.15) is 19.3 Å². The van der Waals surface area contributed by atoms with E-state index in [4.69, 9.17) is 0 Å². The highest BCUT2D eigenvalue weighted by Gasteiger charge is 2.24. The van der Waals surface area contributed by atoms with E-state index in [2.05, 4.69) is 16.0 Å². The van der Waals surface area contributed by atoms with Gasteiger partial charge in [0.15, 0.2) is 0 Å². The summed E-state index contributed by atoms with van der Waals surface area (Å²) in [6, 6.07) is 0. The summed E-state index contributed by atoms with van der Waals surface area (Å²) < 4.78 is 0. The first-order valence-corrected chi connectivity index (χ1v) is 6.05. The minimum atomic E-state index is 0. The maximum Gasteiger partial charge on any atom is 0.225 e. The molecule has 2 aliphatic rings. The lowest BCUT2D eigenvalue weighted by Gasteiger charge is -2.27. The average molecular weight is 284 g/mol. The normalized spacial score (nSPS) is 23.9. The second-order valence-corrected chi connectivity index (χ2v) is 4.65. The number of hydrogen-bond acceptors (Lipinski definition) is 3. The third-order valence-electron chi connectivity index (χ3n) is 3.40. The third-order valence-corrected chi connectivity index (χ3v) is 3.40. The van der Waals surface area contributed by atoms with Crippen molar-refractivity contribution in [2.24, 2.45) is 11.8 Å². The standard InChI is InChI=1S/C11H21N3O.2ClH/c15-11(10-7-13-8-10)14-5-3-9-2-1-4-12-6-9;;/h9-10,12-13H,1-8H2,(H,14,15);2*1H. The molecule has 17 heavy (non-hydrogen) atoms. The van der Waals surface area contributed by atoms with Crippen LogP contribution in [0.5, 0.6) is 0 Å². The lowest BCUT2D eigenvalue weighted by atomic mass is 9.96. The molecule has 0 aliphatic carbocycles. The molecule has 2 saturated heterocycles. The first kappa shape index (κ1) is 17.0. The molecule has 1 amide bonds. The average Bonchev–Trinajstić information content (AvgIpc) is 2.16. The first-order valence-electron chi connectivity index (χ1n) is 6.05. The fourth-order valence-electron chi connectivity index (χ4n) is 2.19. The van der Waals surface area contributed by atoms with E-state index in [-0.39, 0.29) is 36.6 Å². The summed E-state index contributed by atoms with van der Waals surface area (Å²) in [4.78, 5) is 11.5. The van der Waals surface area contributed by atoms with Gasteiger partial charge >= 0.3 is 0 Å². The molecule has 1 unspecified atom stereocenters. The zero-order valence-corrected chi connectivity index (χ0v) is 11.7. The van der Waals surface area contributed by atoms with Crippen molar-refractivity contribution < 1.29 is 4.79 Å². The molecule has 0 aromatic heterocycles. The summed E-state index contributed by atoms with van der Waals surface area (Å²) in [5, 5.41) is 9.53. The van der Waals surface area contributed by atoms with Gasteiger partial charge in [0.2, 0.25) is 5.91 Å². The number of piperidine rings is 1. The minimum Gasteiger partial charge on any atom is -0.356 e. The molecule has 0 saturated carbocycles. The SMILES string of the molecule is Cl.Cl.O=C(NCCC1CCCNC1)C1CNC1. The minimum absolute atomic E-state index is 0. The molecule has 0 radical (unpaired) electrons. The summed E-state index contributed by atoms with van der Waals surface area (Å²) in [6.45, 7) is 4.85. The second-order valence-electron chi connectivity index (χ2n) is 4.65. The zero-order chi connectivity index (χ0) is 10.5. The molecule has 0 spiro atoms. The molecule has 6 heteroatoms. The number of halogens is 2. The third kappa shape index (κ3) is 5.42. The summed E-state index contributed by atoms with van der Waals surface area (Å²) in [7, 11) is 0. The number of hydrogen-bond donors (Lipinski definition) is 3. The van der Waals surface area contributed by atoms with Gasteiger partial charge in [-0.25, -0.2) is 0 Å². The Balaban J connectivity index is 0.00000128. The predicted molar refractivity (Wildman–Crippen MR) is 74.1 cm³/mol. The fraction of sp³-hybridized carbons (Fsp3) is 0.909. The van der Waals surface area contributed by atoms with Crippen molar-refractivity contribution in [1.29, 1.82) is 0 Å². The quantitative estimate of drug-likeness (QED) is 0.707. The van der Waals surface area contributed by atoms with E-state index >= 15 is 0 Å². The highest BCUT2D eigenvalue weighted by molar-refractivity contribution is 5.85. The molecule has 0 aromatic carbocycles. The largest absolute Gasteiger partial charge is 0.356 e. The van der Waals surface area contributed by atoms with Gasteiger partial charge in [-0.05, 0) is 38.3 Å². The van der Waals surface area contributed by atoms with E-state index < -0.39 is 0 Å². The van der Waals surface area contributed by atoms with Crippen LogP contribution < -0.4 is 16.0 Å². The van der Waals surface area contributed by atoms with Crippen molar-refractivity contribution in [1.82, 2.24) is 16.0 Å². The Kier molecular flexibility index (Phi) is 8.96. The van der Waals surface area contributed by atoms with Crippen molar-refractivity contribution >= 4 is 30.7 Å². The van der Waals surface area contributed by atoms with E-state index in [1.165, 1.54) is 12.8 Å². The van der Waals surface area contributed by atoms with Crippen molar-refractivity contribution in [3.8, 4) is 0 Å². The predicted octanol–water partition coefficient (Wildman–Crippen LogP) is 0.555. The maximum atomic E-state index is 11.5. The fourth-order valence-corrected chi connectivity index (χ4v) is 2.19. The van der Waals surface area contributed by atoms with Gasteiger partial charge in [0.25, 0.3) is 0 Å². The number of carbonyl (C=O) groups excluding carboxylic acids is 1. The molecular weight excluding hydrogens is 261 g/mol. The molecule has 0 bridgehead atoms. The second kappa shape index (κ2) is 8.97. The van der Waals surface area contributed by atoms with Crippen molar-refractivity contribution in [2.45, 2.75) is 19.3 Å². The van der Waals surface area contributed by atoms with Crippen molar-refractivity contribution in [3.05, 3.63) is 0 Å². The van der Waals surface area contributed by atoms with Gasteiger partial charge in [0.1, 0.15) is 0 Å². The highest BCUT2D eigenvalue weighted by atomic mass is 35.5. The lowest BCUT2D eigenvalue weighted by Crippen LogP contribution is -2.51. The van der Waals surface area contributed by atoms with Crippen molar-refractivity contribution in [3.63, 3.8) is 0 Å². The van der Waals surface area contributed by atoms with Gasteiger partial charge in [-0.2, -0.15) is 0 Å². The summed E-state index contributed by atoms with van der Waals surface area (Å²) in [5.41, 5.74) is 0. The van der Waals surface area contributed by atoms with Crippen LogP contribution in [0, 0.1) is 11.8 Å². The zero-order valence-electron chi connectivity index (χ0n) is 10.0. The molecule has 4 nitrogen and oxygen atoms in total. The van der Waals surface area contributed by atoms with Crippen LogP contribution >= 0.6 is 24.8 Å². The summed E-state index contributed by atoms with van der Waals surface area (Å²) >= 11 is 0. The number of amides is 1. The van der Waals surface area contributed by atoms with Gasteiger partial charge < -0.3 is 16.0 Å². The maximum absolute atomic E-state index is 11.5. The molecule has 0 aromatic rings. The van der Waals surface area contributed by atoms with Gasteiger partial charge in [0, 0.05) is 19.6 Å². The molecule has 2 rings (SSSR count). The Morgan fingerprint density at radius 1 is 1.18 bits per heavy atom. The topological polar surface area (TPSA) is 53.2 Å².